The zero-order chi connectivity index (χ0) is 64.2. The first-order chi connectivity index (χ1) is 42.9. The van der Waals surface area contributed by atoms with Crippen LogP contribution in [0.4, 0.5) is 0 Å². The molecule has 8 heteroatoms. The van der Waals surface area contributed by atoms with Crippen LogP contribution in [0.5, 0.6) is 11.5 Å². The minimum atomic E-state index is -2.67. The Hall–Kier alpha value is -8.51. The third kappa shape index (κ3) is 10.1. The van der Waals surface area contributed by atoms with Crippen LogP contribution >= 0.6 is 0 Å². The molecule has 5 aromatic heterocycles. The Balaban J connectivity index is 0.00000773. The number of nitrogens with zero attached hydrogens (tertiary/aromatic N) is 6. The van der Waals surface area contributed by atoms with Crippen LogP contribution in [0.15, 0.2) is 182 Å². The Bertz CT molecular complexity index is 4980. The van der Waals surface area contributed by atoms with E-state index in [0.717, 1.165) is 93.7 Å². The van der Waals surface area contributed by atoms with Gasteiger partial charge >= 0.3 is 0 Å². The molecule has 14 aromatic rings. The molecular weight excluding hydrogens is 1270 g/mol. The number of aromatic nitrogens is 6. The van der Waals surface area contributed by atoms with E-state index in [2.05, 4.69) is 269 Å². The first-order valence-electron chi connectivity index (χ1n) is 32.4. The normalized spacial score (nSPS) is 13.5. The summed E-state index contributed by atoms with van der Waals surface area (Å²) in [6.45, 7) is 31.2. The third-order valence-electron chi connectivity index (χ3n) is 18.1. The molecule has 0 aliphatic heterocycles. The number of hydrogen-bond acceptors (Lipinski definition) is 2. The fourth-order valence-corrected chi connectivity index (χ4v) is 13.1. The molecular formula is C81H78N6OPt-2. The largest absolute Gasteiger partial charge is 0.510 e. The zero-order valence-electron chi connectivity index (χ0n) is 56.7. The minimum absolute atomic E-state index is 0. The topological polar surface area (TPSA) is 45.7 Å². The Morgan fingerprint density at radius 1 is 0.416 bits per heavy atom. The van der Waals surface area contributed by atoms with Gasteiger partial charge in [-0.25, -0.2) is 4.98 Å². The Labute approximate surface area is 542 Å². The van der Waals surface area contributed by atoms with Crippen LogP contribution in [0.2, 0.25) is 0 Å². The van der Waals surface area contributed by atoms with Crippen LogP contribution < -0.4 is 9.30 Å². The number of benzene rings is 9. The molecule has 0 saturated heterocycles. The van der Waals surface area contributed by atoms with Crippen molar-refractivity contribution in [3.05, 3.63) is 228 Å². The summed E-state index contributed by atoms with van der Waals surface area (Å²) in [7, 11) is 0. The predicted octanol–water partition coefficient (Wildman–Crippen LogP) is 20.5. The van der Waals surface area contributed by atoms with Gasteiger partial charge in [0.05, 0.1) is 55.6 Å². The van der Waals surface area contributed by atoms with Crippen molar-refractivity contribution in [1.29, 1.82) is 0 Å². The Morgan fingerprint density at radius 3 is 1.39 bits per heavy atom. The van der Waals surface area contributed by atoms with E-state index in [9.17, 15) is 4.11 Å². The van der Waals surface area contributed by atoms with Gasteiger partial charge in [-0.2, -0.15) is 18.2 Å². The van der Waals surface area contributed by atoms with Crippen molar-refractivity contribution < 1.29 is 34.5 Å². The summed E-state index contributed by atoms with van der Waals surface area (Å²) < 4.78 is 45.1. The number of hydrogen-bond donors (Lipinski definition) is 0. The molecule has 7 nitrogen and oxygen atoms in total. The fraction of sp³-hybridized carbons (Fsp3) is 0.259. The molecule has 0 saturated carbocycles. The molecule has 0 aliphatic carbocycles. The van der Waals surface area contributed by atoms with Crippen LogP contribution in [-0.4, -0.2) is 23.3 Å². The predicted molar refractivity (Wildman–Crippen MR) is 367 cm³/mol. The molecule has 0 aliphatic rings. The second-order valence-electron chi connectivity index (χ2n) is 29.3. The number of rotatable bonds is 7. The first-order valence-corrected chi connectivity index (χ1v) is 30.9. The van der Waals surface area contributed by atoms with E-state index in [1.54, 1.807) is 0 Å². The van der Waals surface area contributed by atoms with Gasteiger partial charge in [0.2, 0.25) is 6.33 Å². The number of para-hydroxylation sites is 2. The molecule has 0 bridgehead atoms. The van der Waals surface area contributed by atoms with E-state index in [0.29, 0.717) is 28.2 Å². The molecule has 0 radical (unpaired) electrons. The Kier molecular flexibility index (Phi) is 13.2. The van der Waals surface area contributed by atoms with Crippen molar-refractivity contribution in [3.8, 4) is 45.5 Å². The van der Waals surface area contributed by atoms with E-state index >= 15 is 0 Å². The fourth-order valence-electron chi connectivity index (χ4n) is 13.1. The summed E-state index contributed by atoms with van der Waals surface area (Å²) in [6, 6.07) is 69.9. The molecule has 9 aromatic carbocycles. The zero-order valence-corrected chi connectivity index (χ0v) is 56.0. The molecule has 0 atom stereocenters. The molecule has 89 heavy (non-hydrogen) atoms. The number of imidazole rings is 1. The summed E-state index contributed by atoms with van der Waals surface area (Å²) >= 11 is 0. The standard InChI is InChI=1S/C81H78N6O.Pt/c1-77(2,3)50-30-36-66-61(42-50)62-43-51(78(4,5)6)31-37-67(62)85(66)70-27-21-28-71(86-68-38-32-52(79(7,8)9)44-63(68)64-45-53(80(10,11)12)33-39-69(64)86)75(70)60-25-20-29-72-76(60)83(16)49-84(72)55-22-19-23-56(47-55)88-57-34-35-59-58-24-17-18-26-65(58)87(73(59)48-57)74-46-54(40-41-82-74)81(13,14)15;/h17-46H,1-16H3;/q-2;/i16D3;. The van der Waals surface area contributed by atoms with Gasteiger partial charge in [0.15, 0.2) is 0 Å². The maximum atomic E-state index is 9.40. The van der Waals surface area contributed by atoms with Crippen molar-refractivity contribution >= 4 is 76.5 Å². The van der Waals surface area contributed by atoms with Gasteiger partial charge < -0.3 is 27.6 Å². The van der Waals surface area contributed by atoms with Crippen molar-refractivity contribution in [2.75, 3.05) is 0 Å². The van der Waals surface area contributed by atoms with E-state index in [1.165, 1.54) is 32.4 Å². The van der Waals surface area contributed by atoms with E-state index < -0.39 is 6.98 Å². The van der Waals surface area contributed by atoms with Gasteiger partial charge in [0, 0.05) is 71.4 Å². The average molecular weight is 1350 g/mol. The van der Waals surface area contributed by atoms with Gasteiger partial charge in [0.25, 0.3) is 0 Å². The summed E-state index contributed by atoms with van der Waals surface area (Å²) in [4.78, 5) is 4.89. The second kappa shape index (κ2) is 21.1. The number of fused-ring (bicyclic) bond motifs is 10. The summed E-state index contributed by atoms with van der Waals surface area (Å²) in [5.74, 6) is 1.71. The summed E-state index contributed by atoms with van der Waals surface area (Å²) in [6.07, 6.45) is 5.26. The molecule has 0 fully saturated rings. The monoisotopic (exact) mass is 1350 g/mol. The smallest absolute Gasteiger partial charge is 0.242 e. The van der Waals surface area contributed by atoms with E-state index in [4.69, 9.17) is 9.72 Å². The van der Waals surface area contributed by atoms with Crippen LogP contribution in [0.3, 0.4) is 0 Å². The maximum Gasteiger partial charge on any atom is 0.242 e. The van der Waals surface area contributed by atoms with E-state index in [1.807, 2.05) is 53.2 Å². The van der Waals surface area contributed by atoms with Gasteiger partial charge in [-0.1, -0.05) is 182 Å². The summed E-state index contributed by atoms with van der Waals surface area (Å²) in [5.41, 5.74) is 16.7. The maximum absolute atomic E-state index is 9.40. The van der Waals surface area contributed by atoms with Crippen molar-refractivity contribution in [2.24, 2.45) is 6.98 Å². The number of ether oxygens (including phenoxy) is 1. The molecule has 450 valence electrons. The molecule has 0 unspecified atom stereocenters. The van der Waals surface area contributed by atoms with Crippen molar-refractivity contribution in [3.63, 3.8) is 0 Å². The quantitative estimate of drug-likeness (QED) is 0.118. The van der Waals surface area contributed by atoms with Crippen LogP contribution in [-0.2, 0) is 55.1 Å². The molecule has 0 spiro atoms. The van der Waals surface area contributed by atoms with E-state index in [-0.39, 0.29) is 48.1 Å². The number of pyridine rings is 1. The summed E-state index contributed by atoms with van der Waals surface area (Å²) in [5, 5.41) is 6.73. The van der Waals surface area contributed by atoms with Gasteiger partial charge in [0.1, 0.15) is 5.82 Å². The van der Waals surface area contributed by atoms with Gasteiger partial charge in [-0.05, 0) is 145 Å². The molecule has 5 heterocycles. The van der Waals surface area contributed by atoms with Crippen molar-refractivity contribution in [2.45, 2.75) is 131 Å². The molecule has 14 rings (SSSR count). The number of aryl methyl sites for hydroxylation is 1. The van der Waals surface area contributed by atoms with Crippen LogP contribution in [0, 0.1) is 18.5 Å². The minimum Gasteiger partial charge on any atom is -0.510 e. The van der Waals surface area contributed by atoms with Gasteiger partial charge in [-0.15, -0.1) is 29.7 Å². The second-order valence-corrected chi connectivity index (χ2v) is 29.3. The molecule has 0 N–H and O–H groups in total. The van der Waals surface area contributed by atoms with Crippen molar-refractivity contribution in [1.82, 2.24) is 23.3 Å². The molecule has 0 amide bonds. The van der Waals surface area contributed by atoms with Crippen LogP contribution in [0.1, 0.15) is 136 Å². The van der Waals surface area contributed by atoms with Gasteiger partial charge in [-0.3, -0.25) is 0 Å². The Morgan fingerprint density at radius 2 is 0.876 bits per heavy atom. The average Bonchev–Trinajstić information content (AvgIpc) is 1.54. The van der Waals surface area contributed by atoms with Crippen LogP contribution in [0.25, 0.3) is 110 Å². The first kappa shape index (κ1) is 55.8. The third-order valence-corrected chi connectivity index (χ3v) is 18.1. The SMILES string of the molecule is [2H]C([2H])([2H])[n+]1[c-]n(-c2[c-]c(Oc3[c-]c4c(cc3)c3ccccc3n4-c3cc(C(C)(C)C)ccn3)ccc2)c2cccc(-c3c(-n4c5ccc(C(C)(C)C)cc5c5cc(C(C)(C)C)ccc54)cccc3-n3c4ccc(C(C)(C)C)cc4c4cc(C(C)(C)C)ccc43)c21.[Pt].